The molecule has 4 N–H and O–H groups in total. The van der Waals surface area contributed by atoms with Gasteiger partial charge >= 0.3 is 6.18 Å². The largest absolute Gasteiger partial charge is 0.435 e. The lowest BCUT2D eigenvalue weighted by Gasteiger charge is -2.30. The molecule has 37 heavy (non-hydrogen) atoms. The molecule has 0 aromatic rings. The predicted octanol–water partition coefficient (Wildman–Crippen LogP) is 8.10. The molecular weight excluding hydrogens is 526 g/mol. The molecule has 0 fully saturated rings. The molecule has 0 saturated carbocycles. The lowest BCUT2D eigenvalue weighted by Crippen LogP contribution is -2.47. The third-order valence-corrected chi connectivity index (χ3v) is 4.68. The van der Waals surface area contributed by atoms with Gasteiger partial charge in [-0.25, -0.2) is 0 Å². The number of carbonyl (C=O) groups is 1. The van der Waals surface area contributed by atoms with Crippen molar-refractivity contribution in [2.45, 2.75) is 85.4 Å². The van der Waals surface area contributed by atoms with Crippen molar-refractivity contribution in [1.29, 1.82) is 0 Å². The first-order valence-corrected chi connectivity index (χ1v) is 13.3. The molecule has 0 aromatic heterocycles. The monoisotopic (exact) mass is 569 g/mol. The number of carbonyl (C=O) groups excluding carboxylic acids is 1. The minimum absolute atomic E-state index is 0.125. The van der Waals surface area contributed by atoms with Crippen LogP contribution in [0.15, 0.2) is 64.4 Å². The zero-order valence-electron chi connectivity index (χ0n) is 22.9. The number of oxime groups is 1. The molecule has 0 saturated heterocycles. The number of nitrogens with zero attached hydrogens (tertiary/aromatic N) is 1. The van der Waals surface area contributed by atoms with Gasteiger partial charge in [-0.05, 0) is 25.0 Å². The quantitative estimate of drug-likeness (QED) is 0.149. The van der Waals surface area contributed by atoms with Crippen molar-refractivity contribution in [3.8, 4) is 0 Å². The fraction of sp³-hybridized carbons (Fsp3) is 0.556. The van der Waals surface area contributed by atoms with Gasteiger partial charge in [0.15, 0.2) is 0 Å². The van der Waals surface area contributed by atoms with Gasteiger partial charge < -0.3 is 16.3 Å². The first-order chi connectivity index (χ1) is 17.5. The van der Waals surface area contributed by atoms with E-state index >= 15 is 0 Å². The second-order valence-corrected chi connectivity index (χ2v) is 8.00. The normalized spacial score (nSPS) is 17.8. The molecule has 5 nitrogen and oxygen atoms in total. The summed E-state index contributed by atoms with van der Waals surface area (Å²) in [4.78, 5) is 15.0. The van der Waals surface area contributed by atoms with Crippen molar-refractivity contribution in [3.63, 3.8) is 0 Å². The minimum atomic E-state index is -4.72. The molecule has 214 valence electrons. The average Bonchev–Trinajstić information content (AvgIpc) is 3.31. The maximum absolute atomic E-state index is 13.9. The number of primary amides is 1. The molecule has 0 radical (unpaired) electrons. The zero-order chi connectivity index (χ0) is 29.5. The maximum atomic E-state index is 13.9. The predicted molar refractivity (Wildman–Crippen MR) is 153 cm³/mol. The van der Waals surface area contributed by atoms with E-state index in [2.05, 4.69) is 18.7 Å². The minimum Gasteiger partial charge on any atom is -0.374 e. The van der Waals surface area contributed by atoms with Crippen LogP contribution in [0.5, 0.6) is 0 Å². The van der Waals surface area contributed by atoms with Crippen molar-refractivity contribution in [3.05, 3.63) is 59.2 Å². The van der Waals surface area contributed by atoms with E-state index < -0.39 is 18.2 Å². The van der Waals surface area contributed by atoms with E-state index in [4.69, 9.17) is 39.5 Å². The fourth-order valence-electron chi connectivity index (χ4n) is 2.83. The lowest BCUT2D eigenvalue weighted by molar-refractivity contribution is -0.251. The third-order valence-electron chi connectivity index (χ3n) is 4.39. The number of nitrogens with two attached hydrogens (primary N) is 2. The Balaban J connectivity index is -0.000000810. The second-order valence-electron chi connectivity index (χ2n) is 7.09. The molecule has 10 heteroatoms. The van der Waals surface area contributed by atoms with E-state index in [0.717, 1.165) is 19.3 Å². The summed E-state index contributed by atoms with van der Waals surface area (Å²) in [6.07, 6.45) is 6.86. The number of halogens is 5. The van der Waals surface area contributed by atoms with Crippen LogP contribution < -0.4 is 11.5 Å². The number of alkyl halides is 4. The Hall–Kier alpha value is -2.03. The van der Waals surface area contributed by atoms with Crippen LogP contribution in [0.4, 0.5) is 13.2 Å². The number of allylic oxidation sites excluding steroid dienone is 6. The summed E-state index contributed by atoms with van der Waals surface area (Å²) in [5.41, 5.74) is 8.10. The van der Waals surface area contributed by atoms with Crippen LogP contribution in [0.2, 0.25) is 0 Å². The SMILES string of the molecule is C=C/C=C(\C=C(/C)Cl)C1(C(F)(F)F)CC(C(/C=C\CCl)=C/CN)=NO1.CC.CC.CCCCCC(N)=O. The van der Waals surface area contributed by atoms with Crippen LogP contribution in [0.1, 0.15) is 73.6 Å². The van der Waals surface area contributed by atoms with Gasteiger partial charge in [0.2, 0.25) is 5.91 Å². The summed E-state index contributed by atoms with van der Waals surface area (Å²) in [6.45, 7) is 15.2. The van der Waals surface area contributed by atoms with Crippen LogP contribution in [0, 0.1) is 0 Å². The Morgan fingerprint density at radius 2 is 1.84 bits per heavy atom. The van der Waals surface area contributed by atoms with Gasteiger partial charge in [0, 0.05) is 35.9 Å². The van der Waals surface area contributed by atoms with E-state index in [0.29, 0.717) is 12.0 Å². The molecule has 1 rings (SSSR count). The van der Waals surface area contributed by atoms with Crippen molar-refractivity contribution in [2.24, 2.45) is 16.6 Å². The summed E-state index contributed by atoms with van der Waals surface area (Å²) >= 11 is 11.4. The van der Waals surface area contributed by atoms with Gasteiger partial charge in [0.05, 0.1) is 5.71 Å². The van der Waals surface area contributed by atoms with Crippen LogP contribution in [0.3, 0.4) is 0 Å². The molecular formula is C27H44Cl2F3N3O2. The first kappa shape index (κ1) is 39.5. The van der Waals surface area contributed by atoms with Crippen molar-refractivity contribution >= 4 is 34.8 Å². The summed E-state index contributed by atoms with van der Waals surface area (Å²) in [5.74, 6) is 0.0226. The lowest BCUT2D eigenvalue weighted by atomic mass is 9.85. The highest BCUT2D eigenvalue weighted by Gasteiger charge is 2.62. The number of unbranched alkanes of at least 4 members (excludes halogenated alkanes) is 2. The fourth-order valence-corrected chi connectivity index (χ4v) is 3.04. The Labute approximate surface area is 231 Å². The molecule has 0 spiro atoms. The van der Waals surface area contributed by atoms with Gasteiger partial charge in [-0.3, -0.25) is 4.79 Å². The second kappa shape index (κ2) is 23.1. The topological polar surface area (TPSA) is 90.7 Å². The first-order valence-electron chi connectivity index (χ1n) is 12.4. The summed E-state index contributed by atoms with van der Waals surface area (Å²) in [5, 5.41) is 3.84. The number of amides is 1. The average molecular weight is 571 g/mol. The van der Waals surface area contributed by atoms with E-state index in [1.54, 1.807) is 18.2 Å². The van der Waals surface area contributed by atoms with E-state index in [-0.39, 0.29) is 34.6 Å². The van der Waals surface area contributed by atoms with Crippen molar-refractivity contribution < 1.29 is 22.8 Å². The van der Waals surface area contributed by atoms with Gasteiger partial charge in [-0.2, -0.15) is 13.2 Å². The van der Waals surface area contributed by atoms with E-state index in [1.165, 1.54) is 25.2 Å². The zero-order valence-corrected chi connectivity index (χ0v) is 24.4. The molecule has 0 aliphatic carbocycles. The van der Waals surface area contributed by atoms with Crippen LogP contribution in [-0.2, 0) is 9.63 Å². The maximum Gasteiger partial charge on any atom is 0.435 e. The Morgan fingerprint density at radius 1 is 1.24 bits per heavy atom. The standard InChI is InChI=1S/C17H19Cl2F3N2O.C6H13NO.2C2H6/c1-3-5-14(10-12(2)19)16(17(20,21)22)11-15(24-25-16)13(7-9-23)6-4-8-18;1-2-3-4-5-6(7)8;2*1-2/h3-7,10H,1,8-9,11,23H2,2H3;2-5H2,1H3,(H2,7,8);2*1-2H3/b6-4-,12-10+,13-7+,14-5+;;;. The van der Waals surface area contributed by atoms with E-state index in [9.17, 15) is 18.0 Å². The van der Waals surface area contributed by atoms with Gasteiger partial charge in [-0.1, -0.05) is 101 Å². The van der Waals surface area contributed by atoms with Gasteiger partial charge in [-0.15, -0.1) is 11.6 Å². The Bertz CT molecular complexity index is 801. The third kappa shape index (κ3) is 15.7. The van der Waals surface area contributed by atoms with E-state index in [1.807, 2.05) is 27.7 Å². The molecule has 1 aliphatic rings. The van der Waals surface area contributed by atoms with Gasteiger partial charge in [0.25, 0.3) is 5.60 Å². The highest BCUT2D eigenvalue weighted by Crippen LogP contribution is 2.47. The summed E-state index contributed by atoms with van der Waals surface area (Å²) in [6, 6.07) is 0. The highest BCUT2D eigenvalue weighted by atomic mass is 35.5. The summed E-state index contributed by atoms with van der Waals surface area (Å²) < 4.78 is 41.7. The molecule has 1 heterocycles. The Morgan fingerprint density at radius 3 is 2.24 bits per heavy atom. The van der Waals surface area contributed by atoms with Gasteiger partial charge in [0.1, 0.15) is 0 Å². The van der Waals surface area contributed by atoms with Crippen LogP contribution in [-0.4, -0.2) is 35.8 Å². The van der Waals surface area contributed by atoms with Crippen LogP contribution >= 0.6 is 23.2 Å². The molecule has 1 unspecified atom stereocenters. The molecule has 1 atom stereocenters. The number of rotatable bonds is 11. The molecule has 1 amide bonds. The van der Waals surface area contributed by atoms with Crippen molar-refractivity contribution in [2.75, 3.05) is 12.4 Å². The van der Waals surface area contributed by atoms with Crippen LogP contribution in [0.25, 0.3) is 0 Å². The molecule has 0 bridgehead atoms. The highest BCUT2D eigenvalue weighted by molar-refractivity contribution is 6.29. The number of hydrogen-bond acceptors (Lipinski definition) is 4. The number of hydrogen-bond donors (Lipinski definition) is 2. The summed E-state index contributed by atoms with van der Waals surface area (Å²) in [7, 11) is 0. The Kier molecular flexibility index (Phi) is 24.7. The van der Waals surface area contributed by atoms with Crippen molar-refractivity contribution in [1.82, 2.24) is 0 Å². The molecule has 1 aliphatic heterocycles. The molecule has 0 aromatic carbocycles. The smallest absolute Gasteiger partial charge is 0.374 e.